The first-order chi connectivity index (χ1) is 12.7. The van der Waals surface area contributed by atoms with Crippen molar-refractivity contribution in [2.24, 2.45) is 0 Å². The number of nitrogens with zero attached hydrogens (tertiary/aromatic N) is 2. The number of para-hydroxylation sites is 2. The Hall–Kier alpha value is -2.86. The molecule has 1 aliphatic heterocycles. The minimum Gasteiger partial charge on any atom is -0.497 e. The van der Waals surface area contributed by atoms with Crippen molar-refractivity contribution in [2.45, 2.75) is 6.42 Å². The normalized spacial score (nSPS) is 13.0. The fraction of sp³-hybridized carbons (Fsp3) is 0.200. The van der Waals surface area contributed by atoms with Gasteiger partial charge in [0.25, 0.3) is 5.91 Å². The average Bonchev–Trinajstić information content (AvgIpc) is 3.16. The van der Waals surface area contributed by atoms with Crippen LogP contribution in [0.4, 0.5) is 5.69 Å². The Balaban J connectivity index is 1.52. The van der Waals surface area contributed by atoms with Gasteiger partial charge in [-0.2, -0.15) is 0 Å². The summed E-state index contributed by atoms with van der Waals surface area (Å²) in [5.41, 5.74) is 2.42. The topological polar surface area (TPSA) is 51.7 Å². The zero-order chi connectivity index (χ0) is 17.9. The molecular formula is C20H18N2O3S. The van der Waals surface area contributed by atoms with Gasteiger partial charge in [-0.15, -0.1) is 11.3 Å². The van der Waals surface area contributed by atoms with Crippen molar-refractivity contribution in [2.75, 3.05) is 25.2 Å². The molecule has 2 aromatic carbocycles. The lowest BCUT2D eigenvalue weighted by molar-refractivity contribution is 0.0972. The molecule has 0 atom stereocenters. The number of methoxy groups -OCH3 is 1. The van der Waals surface area contributed by atoms with Gasteiger partial charge in [-0.3, -0.25) is 4.79 Å². The van der Waals surface area contributed by atoms with E-state index in [4.69, 9.17) is 9.47 Å². The molecule has 2 heterocycles. The third-order valence-electron chi connectivity index (χ3n) is 4.26. The van der Waals surface area contributed by atoms with E-state index < -0.39 is 0 Å². The van der Waals surface area contributed by atoms with Gasteiger partial charge in [0.1, 0.15) is 23.8 Å². The van der Waals surface area contributed by atoms with Crippen LogP contribution in [-0.4, -0.2) is 31.2 Å². The number of hydrogen-bond donors (Lipinski definition) is 0. The molecule has 0 spiro atoms. The Kier molecular flexibility index (Phi) is 4.58. The van der Waals surface area contributed by atoms with E-state index in [1.807, 2.05) is 53.9 Å². The second kappa shape index (κ2) is 7.17. The number of carbonyl (C=O) groups is 1. The molecule has 26 heavy (non-hydrogen) atoms. The highest BCUT2D eigenvalue weighted by atomic mass is 32.1. The molecule has 1 aromatic heterocycles. The minimum atomic E-state index is -0.0852. The fourth-order valence-corrected chi connectivity index (χ4v) is 3.73. The van der Waals surface area contributed by atoms with E-state index in [-0.39, 0.29) is 5.91 Å². The number of hydrogen-bond acceptors (Lipinski definition) is 5. The van der Waals surface area contributed by atoms with Crippen LogP contribution in [0.3, 0.4) is 0 Å². The standard InChI is InChI=1S/C20H18N2O3S/c1-24-15-8-6-14(7-9-15)12-19-21-16(13-26-19)20(23)22-10-11-25-18-5-3-2-4-17(18)22/h2-9,13H,10-12H2,1H3. The SMILES string of the molecule is COc1ccc(Cc2nc(C(=O)N3CCOc4ccccc43)cs2)cc1. The second-order valence-electron chi connectivity index (χ2n) is 5.92. The van der Waals surface area contributed by atoms with Gasteiger partial charge in [-0.1, -0.05) is 24.3 Å². The molecule has 5 nitrogen and oxygen atoms in total. The maximum absolute atomic E-state index is 12.9. The van der Waals surface area contributed by atoms with Gasteiger partial charge in [0.05, 0.1) is 24.3 Å². The molecule has 0 N–H and O–H groups in total. The monoisotopic (exact) mass is 366 g/mol. The van der Waals surface area contributed by atoms with Crippen molar-refractivity contribution in [3.05, 3.63) is 70.2 Å². The van der Waals surface area contributed by atoms with E-state index in [1.165, 1.54) is 11.3 Å². The summed E-state index contributed by atoms with van der Waals surface area (Å²) in [6.07, 6.45) is 0.696. The first-order valence-corrected chi connectivity index (χ1v) is 9.23. The highest BCUT2D eigenvalue weighted by Crippen LogP contribution is 2.32. The summed E-state index contributed by atoms with van der Waals surface area (Å²) in [6, 6.07) is 15.5. The lowest BCUT2D eigenvalue weighted by atomic mass is 10.1. The lowest BCUT2D eigenvalue weighted by Crippen LogP contribution is -2.38. The largest absolute Gasteiger partial charge is 0.497 e. The van der Waals surface area contributed by atoms with E-state index in [0.717, 1.165) is 27.8 Å². The first kappa shape index (κ1) is 16.6. The molecule has 0 bridgehead atoms. The molecule has 4 rings (SSSR count). The molecule has 132 valence electrons. The van der Waals surface area contributed by atoms with Crippen molar-refractivity contribution >= 4 is 22.9 Å². The predicted molar refractivity (Wildman–Crippen MR) is 102 cm³/mol. The Morgan fingerprint density at radius 2 is 2.04 bits per heavy atom. The van der Waals surface area contributed by atoms with Crippen molar-refractivity contribution in [1.82, 2.24) is 4.98 Å². The fourth-order valence-electron chi connectivity index (χ4n) is 2.93. The van der Waals surface area contributed by atoms with Gasteiger partial charge in [0.15, 0.2) is 0 Å². The molecule has 1 aliphatic rings. The molecule has 6 heteroatoms. The number of rotatable bonds is 4. The van der Waals surface area contributed by atoms with E-state index >= 15 is 0 Å². The number of fused-ring (bicyclic) bond motifs is 1. The number of anilines is 1. The van der Waals surface area contributed by atoms with Gasteiger partial charge in [-0.25, -0.2) is 4.98 Å². The summed E-state index contributed by atoms with van der Waals surface area (Å²) in [5.74, 6) is 1.48. The van der Waals surface area contributed by atoms with Gasteiger partial charge in [0, 0.05) is 11.8 Å². The average molecular weight is 366 g/mol. The summed E-state index contributed by atoms with van der Waals surface area (Å²) in [6.45, 7) is 1.02. The molecule has 3 aromatic rings. The molecule has 0 fully saturated rings. The van der Waals surface area contributed by atoms with Crippen LogP contribution in [0.25, 0.3) is 0 Å². The van der Waals surface area contributed by atoms with Crippen molar-refractivity contribution in [1.29, 1.82) is 0 Å². The number of benzene rings is 2. The third-order valence-corrected chi connectivity index (χ3v) is 5.11. The van der Waals surface area contributed by atoms with Crippen LogP contribution in [0, 0.1) is 0 Å². The summed E-state index contributed by atoms with van der Waals surface area (Å²) in [4.78, 5) is 19.2. The quantitative estimate of drug-likeness (QED) is 0.705. The molecule has 1 amide bonds. The Labute approximate surface area is 155 Å². The van der Waals surface area contributed by atoms with E-state index in [1.54, 1.807) is 12.0 Å². The van der Waals surface area contributed by atoms with Gasteiger partial charge in [0.2, 0.25) is 0 Å². The number of thiazole rings is 1. The second-order valence-corrected chi connectivity index (χ2v) is 6.87. The maximum Gasteiger partial charge on any atom is 0.277 e. The van der Waals surface area contributed by atoms with E-state index in [0.29, 0.717) is 25.3 Å². The molecular weight excluding hydrogens is 348 g/mol. The zero-order valence-corrected chi connectivity index (χ0v) is 15.2. The van der Waals surface area contributed by atoms with E-state index in [2.05, 4.69) is 4.98 Å². The summed E-state index contributed by atoms with van der Waals surface area (Å²) >= 11 is 1.51. The van der Waals surface area contributed by atoms with Crippen LogP contribution in [0.1, 0.15) is 21.1 Å². The molecule has 0 unspecified atom stereocenters. The molecule has 0 aliphatic carbocycles. The summed E-state index contributed by atoms with van der Waals surface area (Å²) in [5, 5.41) is 2.75. The van der Waals surface area contributed by atoms with Gasteiger partial charge >= 0.3 is 0 Å². The summed E-state index contributed by atoms with van der Waals surface area (Å²) < 4.78 is 10.8. The molecule has 0 saturated carbocycles. The van der Waals surface area contributed by atoms with Gasteiger partial charge in [-0.05, 0) is 29.8 Å². The predicted octanol–water partition coefficient (Wildman–Crippen LogP) is 3.78. The summed E-state index contributed by atoms with van der Waals surface area (Å²) in [7, 11) is 1.65. The van der Waals surface area contributed by atoms with Crippen molar-refractivity contribution in [3.63, 3.8) is 0 Å². The van der Waals surface area contributed by atoms with Crippen LogP contribution >= 0.6 is 11.3 Å². The van der Waals surface area contributed by atoms with Crippen molar-refractivity contribution in [3.8, 4) is 11.5 Å². The molecule has 0 radical (unpaired) electrons. The van der Waals surface area contributed by atoms with Gasteiger partial charge < -0.3 is 14.4 Å². The van der Waals surface area contributed by atoms with Crippen LogP contribution in [0.15, 0.2) is 53.9 Å². The number of aromatic nitrogens is 1. The highest BCUT2D eigenvalue weighted by Gasteiger charge is 2.26. The van der Waals surface area contributed by atoms with Crippen LogP contribution in [-0.2, 0) is 6.42 Å². The highest BCUT2D eigenvalue weighted by molar-refractivity contribution is 7.09. The Morgan fingerprint density at radius 1 is 1.23 bits per heavy atom. The minimum absolute atomic E-state index is 0.0852. The third kappa shape index (κ3) is 3.28. The van der Waals surface area contributed by atoms with Crippen LogP contribution < -0.4 is 14.4 Å². The van der Waals surface area contributed by atoms with Crippen molar-refractivity contribution < 1.29 is 14.3 Å². The molecule has 0 saturated heterocycles. The van der Waals surface area contributed by atoms with E-state index in [9.17, 15) is 4.79 Å². The smallest absolute Gasteiger partial charge is 0.277 e. The number of amides is 1. The first-order valence-electron chi connectivity index (χ1n) is 8.35. The maximum atomic E-state index is 12.9. The lowest BCUT2D eigenvalue weighted by Gasteiger charge is -2.28. The Bertz CT molecular complexity index is 921. The number of ether oxygens (including phenoxy) is 2. The zero-order valence-electron chi connectivity index (χ0n) is 14.3. The Morgan fingerprint density at radius 3 is 2.85 bits per heavy atom. The van der Waals surface area contributed by atoms with Crippen LogP contribution in [0.2, 0.25) is 0 Å². The number of carbonyl (C=O) groups excluding carboxylic acids is 1. The van der Waals surface area contributed by atoms with Crippen LogP contribution in [0.5, 0.6) is 11.5 Å².